The van der Waals surface area contributed by atoms with Gasteiger partial charge in [0.05, 0.1) is 0 Å². The van der Waals surface area contributed by atoms with Gasteiger partial charge in [0.25, 0.3) is 0 Å². The van der Waals surface area contributed by atoms with Crippen LogP contribution in [0.25, 0.3) is 0 Å². The third kappa shape index (κ3) is 1.35. The largest absolute Gasteiger partial charge is 0.304 e. The van der Waals surface area contributed by atoms with Gasteiger partial charge < -0.3 is 5.32 Å². The summed E-state index contributed by atoms with van der Waals surface area (Å²) in [4.78, 5) is 0. The quantitative estimate of drug-likeness (QED) is 0.551. The molecule has 0 bridgehead atoms. The minimum Gasteiger partial charge on any atom is -0.304 e. The fraction of sp³-hybridized carbons (Fsp3) is 1.00. The summed E-state index contributed by atoms with van der Waals surface area (Å²) in [5, 5.41) is 3.37. The summed E-state index contributed by atoms with van der Waals surface area (Å²) < 4.78 is 0. The van der Waals surface area contributed by atoms with Gasteiger partial charge in [0.2, 0.25) is 0 Å². The molecule has 1 aliphatic rings. The maximum atomic E-state index is 3.37. The normalized spacial score (nSPS) is 31.3. The molecule has 0 aliphatic carbocycles. The molecule has 1 fully saturated rings. The Bertz CT molecular complexity index is 50.0. The molecule has 0 aromatic rings. The van der Waals surface area contributed by atoms with Crippen LogP contribution < -0.4 is 5.32 Å². The van der Waals surface area contributed by atoms with Crippen molar-refractivity contribution in [2.24, 2.45) is 0 Å². The molecule has 42 valence electrons. The zero-order valence-corrected chi connectivity index (χ0v) is 5.42. The summed E-state index contributed by atoms with van der Waals surface area (Å²) in [7, 11) is 0. The predicted molar refractivity (Wildman–Crippen MR) is 34.5 cm³/mol. The zero-order valence-electron chi connectivity index (χ0n) is 4.61. The molecule has 1 rings (SSSR count). The molecule has 0 saturated carbocycles. The van der Waals surface area contributed by atoms with Crippen molar-refractivity contribution in [1.82, 2.24) is 5.32 Å². The highest BCUT2D eigenvalue weighted by molar-refractivity contribution is 7.99. The molecule has 1 saturated heterocycles. The van der Waals surface area contributed by atoms with Gasteiger partial charge in [-0.25, -0.2) is 0 Å². The first-order chi connectivity index (χ1) is 3.43. The van der Waals surface area contributed by atoms with Crippen molar-refractivity contribution in [2.75, 3.05) is 11.6 Å². The molecule has 7 heavy (non-hydrogen) atoms. The number of nitrogens with one attached hydrogen (secondary N) is 1. The molecule has 1 atom stereocenters. The van der Waals surface area contributed by atoms with Crippen molar-refractivity contribution in [3.8, 4) is 0 Å². The van der Waals surface area contributed by atoms with Crippen LogP contribution in [-0.4, -0.2) is 17.7 Å². The number of thioether (sulfide) groups is 1. The van der Waals surface area contributed by atoms with E-state index in [1.54, 1.807) is 0 Å². The van der Waals surface area contributed by atoms with E-state index in [1.807, 2.05) is 11.8 Å². The molecule has 0 amide bonds. The van der Waals surface area contributed by atoms with Crippen LogP contribution in [0.2, 0.25) is 0 Å². The molecule has 0 aromatic heterocycles. The molecule has 1 aliphatic heterocycles. The van der Waals surface area contributed by atoms with Gasteiger partial charge in [0, 0.05) is 17.7 Å². The Morgan fingerprint density at radius 3 is 3.00 bits per heavy atom. The standard InChI is InChI=1S/C5H11NS/c1-2-5-3-7-4-6-5/h5-6H,2-4H2,1H3/t5-/m1/s1. The Hall–Kier alpha value is 0.310. The third-order valence-electron chi connectivity index (χ3n) is 1.29. The van der Waals surface area contributed by atoms with Gasteiger partial charge >= 0.3 is 0 Å². The third-order valence-corrected chi connectivity index (χ3v) is 2.29. The van der Waals surface area contributed by atoms with Gasteiger partial charge in [-0.15, -0.1) is 11.8 Å². The van der Waals surface area contributed by atoms with Crippen molar-refractivity contribution in [2.45, 2.75) is 19.4 Å². The molecule has 1 heterocycles. The van der Waals surface area contributed by atoms with Crippen molar-refractivity contribution in [3.05, 3.63) is 0 Å². The average Bonchev–Trinajstić information content (AvgIpc) is 2.14. The van der Waals surface area contributed by atoms with Gasteiger partial charge in [-0.2, -0.15) is 0 Å². The van der Waals surface area contributed by atoms with Crippen LogP contribution in [0.5, 0.6) is 0 Å². The smallest absolute Gasteiger partial charge is 0.0420 e. The SMILES string of the molecule is CC[C@@H]1CSCN1. The number of rotatable bonds is 1. The molecule has 0 radical (unpaired) electrons. The lowest BCUT2D eigenvalue weighted by Gasteiger charge is -2.00. The van der Waals surface area contributed by atoms with E-state index in [9.17, 15) is 0 Å². The molecule has 0 spiro atoms. The van der Waals surface area contributed by atoms with Crippen LogP contribution in [0.4, 0.5) is 0 Å². The van der Waals surface area contributed by atoms with Crippen LogP contribution in [0.15, 0.2) is 0 Å². The van der Waals surface area contributed by atoms with Gasteiger partial charge in [0.1, 0.15) is 0 Å². The lowest BCUT2D eigenvalue weighted by Crippen LogP contribution is -2.21. The van der Waals surface area contributed by atoms with E-state index < -0.39 is 0 Å². The Labute approximate surface area is 48.9 Å². The fourth-order valence-electron chi connectivity index (χ4n) is 0.699. The Kier molecular flexibility index (Phi) is 2.00. The summed E-state index contributed by atoms with van der Waals surface area (Å²) in [6, 6.07) is 0.810. The summed E-state index contributed by atoms with van der Waals surface area (Å²) in [5.41, 5.74) is 0. The first-order valence-electron chi connectivity index (χ1n) is 2.74. The lowest BCUT2D eigenvalue weighted by molar-refractivity contribution is 0.614. The molecule has 0 unspecified atom stereocenters. The monoisotopic (exact) mass is 117 g/mol. The fourth-order valence-corrected chi connectivity index (χ4v) is 1.81. The molecule has 1 nitrogen and oxygen atoms in total. The number of hydrogen-bond acceptors (Lipinski definition) is 2. The molecular formula is C5H11NS. The topological polar surface area (TPSA) is 12.0 Å². The minimum absolute atomic E-state index is 0.810. The van der Waals surface area contributed by atoms with Crippen LogP contribution in [-0.2, 0) is 0 Å². The lowest BCUT2D eigenvalue weighted by atomic mass is 10.3. The van der Waals surface area contributed by atoms with Gasteiger partial charge in [-0.05, 0) is 6.42 Å². The van der Waals surface area contributed by atoms with E-state index in [2.05, 4.69) is 12.2 Å². The van der Waals surface area contributed by atoms with Gasteiger partial charge in [0.15, 0.2) is 0 Å². The van der Waals surface area contributed by atoms with Crippen molar-refractivity contribution < 1.29 is 0 Å². The second kappa shape index (κ2) is 2.58. The van der Waals surface area contributed by atoms with Crippen LogP contribution in [0.1, 0.15) is 13.3 Å². The van der Waals surface area contributed by atoms with Gasteiger partial charge in [-0.3, -0.25) is 0 Å². The summed E-state index contributed by atoms with van der Waals surface area (Å²) >= 11 is 2.00. The highest BCUT2D eigenvalue weighted by Gasteiger charge is 2.10. The first kappa shape index (κ1) is 5.45. The Morgan fingerprint density at radius 1 is 1.86 bits per heavy atom. The van der Waals surface area contributed by atoms with Crippen molar-refractivity contribution in [3.63, 3.8) is 0 Å². The summed E-state index contributed by atoms with van der Waals surface area (Å²) in [6.45, 7) is 2.23. The summed E-state index contributed by atoms with van der Waals surface area (Å²) in [5.74, 6) is 2.48. The van der Waals surface area contributed by atoms with Crippen LogP contribution in [0, 0.1) is 0 Å². The predicted octanol–water partition coefficient (Wildman–Crippen LogP) is 1.06. The maximum Gasteiger partial charge on any atom is 0.0420 e. The van der Waals surface area contributed by atoms with E-state index in [0.717, 1.165) is 6.04 Å². The van der Waals surface area contributed by atoms with E-state index in [1.165, 1.54) is 18.1 Å². The molecule has 2 heteroatoms. The van der Waals surface area contributed by atoms with Crippen LogP contribution in [0.3, 0.4) is 0 Å². The molecule has 1 N–H and O–H groups in total. The van der Waals surface area contributed by atoms with E-state index in [0.29, 0.717) is 0 Å². The van der Waals surface area contributed by atoms with E-state index in [4.69, 9.17) is 0 Å². The van der Waals surface area contributed by atoms with E-state index in [-0.39, 0.29) is 0 Å². The highest BCUT2D eigenvalue weighted by atomic mass is 32.2. The van der Waals surface area contributed by atoms with E-state index >= 15 is 0 Å². The molecular weight excluding hydrogens is 106 g/mol. The molecule has 0 aromatic carbocycles. The van der Waals surface area contributed by atoms with Gasteiger partial charge in [-0.1, -0.05) is 6.92 Å². The Morgan fingerprint density at radius 2 is 2.71 bits per heavy atom. The minimum atomic E-state index is 0.810. The second-order valence-electron chi connectivity index (χ2n) is 1.82. The Balaban J connectivity index is 2.14. The highest BCUT2D eigenvalue weighted by Crippen LogP contribution is 2.10. The second-order valence-corrected chi connectivity index (χ2v) is 2.85. The van der Waals surface area contributed by atoms with Crippen LogP contribution >= 0.6 is 11.8 Å². The maximum absolute atomic E-state index is 3.37. The zero-order chi connectivity index (χ0) is 5.11. The first-order valence-corrected chi connectivity index (χ1v) is 3.90. The van der Waals surface area contributed by atoms with Crippen molar-refractivity contribution >= 4 is 11.8 Å². The summed E-state index contributed by atoms with van der Waals surface area (Å²) in [6.07, 6.45) is 1.28. The van der Waals surface area contributed by atoms with Crippen molar-refractivity contribution in [1.29, 1.82) is 0 Å². The average molecular weight is 117 g/mol. The number of hydrogen-bond donors (Lipinski definition) is 1.